The molecule has 2 nitrogen and oxygen atoms in total. The molecule has 1 saturated heterocycles. The summed E-state index contributed by atoms with van der Waals surface area (Å²) >= 11 is 0. The molecule has 1 N–H and O–H groups in total. The van der Waals surface area contributed by atoms with Crippen LogP contribution < -0.4 is 5.32 Å². The predicted molar refractivity (Wildman–Crippen MR) is 67.9 cm³/mol. The minimum Gasteiger partial charge on any atom is -0.311 e. The SMILES string of the molecule is FC(F)(F)CCCN1CC(C2CC2)NCC1C1CC1. The van der Waals surface area contributed by atoms with Crippen LogP contribution in [0.2, 0.25) is 0 Å². The number of halogens is 3. The Morgan fingerprint density at radius 1 is 1.05 bits per heavy atom. The largest absolute Gasteiger partial charge is 0.389 e. The molecule has 0 bridgehead atoms. The van der Waals surface area contributed by atoms with Crippen LogP contribution >= 0.6 is 0 Å². The summed E-state index contributed by atoms with van der Waals surface area (Å²) in [6.07, 6.45) is 0.724. The molecule has 1 heterocycles. The second kappa shape index (κ2) is 5.24. The topological polar surface area (TPSA) is 15.3 Å². The number of rotatable bonds is 5. The van der Waals surface area contributed by atoms with Crippen LogP contribution in [-0.2, 0) is 0 Å². The molecular formula is C14H23F3N2. The van der Waals surface area contributed by atoms with Gasteiger partial charge in [0.1, 0.15) is 0 Å². The van der Waals surface area contributed by atoms with Crippen molar-refractivity contribution in [2.45, 2.75) is 56.8 Å². The fourth-order valence-electron chi connectivity index (χ4n) is 3.35. The number of piperazine rings is 1. The number of nitrogens with one attached hydrogen (secondary N) is 1. The fraction of sp³-hybridized carbons (Fsp3) is 1.00. The molecular weight excluding hydrogens is 253 g/mol. The summed E-state index contributed by atoms with van der Waals surface area (Å²) in [4.78, 5) is 2.35. The predicted octanol–water partition coefficient (Wildman–Crippen LogP) is 2.79. The van der Waals surface area contributed by atoms with Gasteiger partial charge in [-0.1, -0.05) is 0 Å². The minimum absolute atomic E-state index is 0.254. The lowest BCUT2D eigenvalue weighted by Gasteiger charge is -2.41. The summed E-state index contributed by atoms with van der Waals surface area (Å²) in [5.41, 5.74) is 0. The molecule has 2 atom stereocenters. The summed E-state index contributed by atoms with van der Waals surface area (Å²) in [6.45, 7) is 2.56. The molecule has 3 fully saturated rings. The summed E-state index contributed by atoms with van der Waals surface area (Å²) in [5, 5.41) is 3.63. The first-order chi connectivity index (χ1) is 9.03. The van der Waals surface area contributed by atoms with Crippen LogP contribution in [0.25, 0.3) is 0 Å². The summed E-state index contributed by atoms with van der Waals surface area (Å²) in [7, 11) is 0. The van der Waals surface area contributed by atoms with Gasteiger partial charge in [0.25, 0.3) is 0 Å². The Labute approximate surface area is 112 Å². The van der Waals surface area contributed by atoms with Crippen molar-refractivity contribution in [1.82, 2.24) is 10.2 Å². The van der Waals surface area contributed by atoms with E-state index in [1.54, 1.807) is 0 Å². The standard InChI is InChI=1S/C14H23F3N2/c15-14(16,17)6-1-7-19-9-12(10-2-3-10)18-8-13(19)11-4-5-11/h10-13,18H,1-9H2. The van der Waals surface area contributed by atoms with Gasteiger partial charge >= 0.3 is 6.18 Å². The van der Waals surface area contributed by atoms with Gasteiger partial charge in [0.15, 0.2) is 0 Å². The number of hydrogen-bond acceptors (Lipinski definition) is 2. The van der Waals surface area contributed by atoms with Crippen molar-refractivity contribution in [1.29, 1.82) is 0 Å². The van der Waals surface area contributed by atoms with Crippen LogP contribution in [0.3, 0.4) is 0 Å². The second-order valence-electron chi connectivity index (χ2n) is 6.47. The molecule has 2 saturated carbocycles. The van der Waals surface area contributed by atoms with E-state index in [9.17, 15) is 13.2 Å². The van der Waals surface area contributed by atoms with Crippen LogP contribution in [0.1, 0.15) is 38.5 Å². The maximum Gasteiger partial charge on any atom is 0.389 e. The smallest absolute Gasteiger partial charge is 0.311 e. The lowest BCUT2D eigenvalue weighted by Crippen LogP contribution is -2.58. The molecule has 0 aromatic heterocycles. The molecule has 0 aromatic carbocycles. The maximum absolute atomic E-state index is 12.3. The van der Waals surface area contributed by atoms with E-state index < -0.39 is 12.6 Å². The fourth-order valence-corrected chi connectivity index (χ4v) is 3.35. The number of alkyl halides is 3. The first-order valence-electron chi connectivity index (χ1n) is 7.57. The van der Waals surface area contributed by atoms with E-state index in [-0.39, 0.29) is 6.42 Å². The Bertz CT molecular complexity index is 310. The van der Waals surface area contributed by atoms with E-state index >= 15 is 0 Å². The van der Waals surface area contributed by atoms with E-state index in [0.717, 1.165) is 24.9 Å². The third-order valence-electron chi connectivity index (χ3n) is 4.75. The highest BCUT2D eigenvalue weighted by Gasteiger charge is 2.42. The first kappa shape index (κ1) is 13.7. The van der Waals surface area contributed by atoms with Crippen LogP contribution in [0, 0.1) is 11.8 Å². The van der Waals surface area contributed by atoms with Crippen LogP contribution in [-0.4, -0.2) is 42.8 Å². The van der Waals surface area contributed by atoms with Crippen molar-refractivity contribution in [2.24, 2.45) is 11.8 Å². The Morgan fingerprint density at radius 3 is 2.32 bits per heavy atom. The highest BCUT2D eigenvalue weighted by Crippen LogP contribution is 2.39. The third-order valence-corrected chi connectivity index (χ3v) is 4.75. The molecule has 1 aliphatic heterocycles. The zero-order chi connectivity index (χ0) is 13.5. The maximum atomic E-state index is 12.3. The highest BCUT2D eigenvalue weighted by molar-refractivity contribution is 4.99. The molecule has 19 heavy (non-hydrogen) atoms. The molecule has 3 rings (SSSR count). The molecule has 0 amide bonds. The number of nitrogens with zero attached hydrogens (tertiary/aromatic N) is 1. The Balaban J connectivity index is 1.51. The average molecular weight is 276 g/mol. The molecule has 0 radical (unpaired) electrons. The van der Waals surface area contributed by atoms with E-state index in [4.69, 9.17) is 0 Å². The van der Waals surface area contributed by atoms with Gasteiger partial charge in [0, 0.05) is 31.6 Å². The van der Waals surface area contributed by atoms with Gasteiger partial charge in [-0.25, -0.2) is 0 Å². The van der Waals surface area contributed by atoms with E-state index in [1.165, 1.54) is 25.7 Å². The zero-order valence-electron chi connectivity index (χ0n) is 11.3. The van der Waals surface area contributed by atoms with Crippen molar-refractivity contribution in [3.05, 3.63) is 0 Å². The third kappa shape index (κ3) is 3.85. The van der Waals surface area contributed by atoms with Crippen molar-refractivity contribution in [3.8, 4) is 0 Å². The van der Waals surface area contributed by atoms with Crippen LogP contribution in [0.15, 0.2) is 0 Å². The van der Waals surface area contributed by atoms with Gasteiger partial charge in [-0.15, -0.1) is 0 Å². The van der Waals surface area contributed by atoms with E-state index in [1.807, 2.05) is 0 Å². The Hall–Kier alpha value is -0.290. The summed E-state index contributed by atoms with van der Waals surface area (Å²) in [5.74, 6) is 1.52. The van der Waals surface area contributed by atoms with Crippen molar-refractivity contribution < 1.29 is 13.2 Å². The minimum atomic E-state index is -4.00. The monoisotopic (exact) mass is 276 g/mol. The molecule has 2 aliphatic carbocycles. The van der Waals surface area contributed by atoms with Crippen molar-refractivity contribution in [3.63, 3.8) is 0 Å². The average Bonchev–Trinajstić information content (AvgIpc) is 3.19. The Kier molecular flexibility index (Phi) is 3.78. The van der Waals surface area contributed by atoms with E-state index in [2.05, 4.69) is 10.2 Å². The van der Waals surface area contributed by atoms with Crippen molar-refractivity contribution in [2.75, 3.05) is 19.6 Å². The van der Waals surface area contributed by atoms with E-state index in [0.29, 0.717) is 18.6 Å². The summed E-state index contributed by atoms with van der Waals surface area (Å²) in [6, 6.07) is 1.02. The lowest BCUT2D eigenvalue weighted by atomic mass is 10.0. The molecule has 2 unspecified atom stereocenters. The zero-order valence-corrected chi connectivity index (χ0v) is 11.3. The second-order valence-corrected chi connectivity index (χ2v) is 6.47. The van der Waals surface area contributed by atoms with Crippen LogP contribution in [0.5, 0.6) is 0 Å². The van der Waals surface area contributed by atoms with Crippen molar-refractivity contribution >= 4 is 0 Å². The lowest BCUT2D eigenvalue weighted by molar-refractivity contribution is -0.136. The Morgan fingerprint density at radius 2 is 1.74 bits per heavy atom. The van der Waals surface area contributed by atoms with Crippen LogP contribution in [0.4, 0.5) is 13.2 Å². The highest BCUT2D eigenvalue weighted by atomic mass is 19.4. The van der Waals surface area contributed by atoms with Gasteiger partial charge in [-0.3, -0.25) is 4.90 Å². The van der Waals surface area contributed by atoms with Gasteiger partial charge in [-0.2, -0.15) is 13.2 Å². The quantitative estimate of drug-likeness (QED) is 0.830. The van der Waals surface area contributed by atoms with Gasteiger partial charge < -0.3 is 5.32 Å². The molecule has 3 aliphatic rings. The first-order valence-corrected chi connectivity index (χ1v) is 7.57. The molecule has 110 valence electrons. The number of hydrogen-bond donors (Lipinski definition) is 1. The molecule has 5 heteroatoms. The normalized spacial score (nSPS) is 33.6. The van der Waals surface area contributed by atoms with Gasteiger partial charge in [-0.05, 0) is 50.5 Å². The molecule has 0 aromatic rings. The van der Waals surface area contributed by atoms with Gasteiger partial charge in [0.05, 0.1) is 0 Å². The molecule has 0 spiro atoms. The van der Waals surface area contributed by atoms with Gasteiger partial charge in [0.2, 0.25) is 0 Å². The summed E-state index contributed by atoms with van der Waals surface area (Å²) < 4.78 is 36.8.